The number of Topliss-reactive ketones (excluding diaryl/α,β-unsaturated/α-hetero) is 1. The lowest BCUT2D eigenvalue weighted by Gasteiger charge is -2.14. The first-order valence-electron chi connectivity index (χ1n) is 8.77. The number of carbonyl (C=O) groups excluding carboxylic acids is 3. The molecule has 2 amide bonds. The highest BCUT2D eigenvalue weighted by molar-refractivity contribution is 8.15. The first-order valence-corrected chi connectivity index (χ1v) is 10.6. The fourth-order valence-electron chi connectivity index (χ4n) is 2.81. The molecule has 4 rings (SSSR count). The van der Waals surface area contributed by atoms with Crippen LogP contribution in [-0.2, 0) is 11.3 Å². The normalized spacial score (nSPS) is 21.9. The Morgan fingerprint density at radius 1 is 1.17 bits per heavy atom. The Balaban J connectivity index is 1.54. The summed E-state index contributed by atoms with van der Waals surface area (Å²) in [6.07, 6.45) is 1.59. The SMILES string of the molecule is O=C1N/C(=N/N=C2\S[C@@H](CC(=O)c3ccccc3)C(=O)N2Cc2ccco2)CS1. The van der Waals surface area contributed by atoms with Crippen molar-refractivity contribution in [1.29, 1.82) is 0 Å². The Morgan fingerprint density at radius 3 is 2.69 bits per heavy atom. The van der Waals surface area contributed by atoms with Crippen molar-refractivity contribution in [3.05, 3.63) is 60.1 Å². The van der Waals surface area contributed by atoms with E-state index in [1.165, 1.54) is 22.9 Å². The molecule has 0 bridgehead atoms. The number of furan rings is 1. The van der Waals surface area contributed by atoms with Gasteiger partial charge in [0.1, 0.15) is 11.6 Å². The van der Waals surface area contributed by atoms with Crippen molar-refractivity contribution in [3.8, 4) is 0 Å². The van der Waals surface area contributed by atoms with E-state index >= 15 is 0 Å². The first kappa shape index (κ1) is 19.5. The van der Waals surface area contributed by atoms with Crippen molar-refractivity contribution in [1.82, 2.24) is 10.2 Å². The summed E-state index contributed by atoms with van der Waals surface area (Å²) in [6.45, 7) is 0.194. The fraction of sp³-hybridized carbons (Fsp3) is 0.211. The molecule has 148 valence electrons. The molecule has 29 heavy (non-hydrogen) atoms. The van der Waals surface area contributed by atoms with Crippen molar-refractivity contribution in [2.75, 3.05) is 5.75 Å². The van der Waals surface area contributed by atoms with Gasteiger partial charge in [0.2, 0.25) is 5.91 Å². The smallest absolute Gasteiger partial charge is 0.284 e. The number of thioether (sulfide) groups is 2. The molecule has 1 atom stereocenters. The van der Waals surface area contributed by atoms with Crippen LogP contribution in [0, 0.1) is 0 Å². The lowest BCUT2D eigenvalue weighted by atomic mass is 10.1. The summed E-state index contributed by atoms with van der Waals surface area (Å²) in [7, 11) is 0. The van der Waals surface area contributed by atoms with E-state index in [0.717, 1.165) is 11.8 Å². The number of amidine groups is 2. The number of carbonyl (C=O) groups is 3. The van der Waals surface area contributed by atoms with Crippen molar-refractivity contribution >= 4 is 51.5 Å². The fourth-order valence-corrected chi connectivity index (χ4v) is 4.49. The summed E-state index contributed by atoms with van der Waals surface area (Å²) < 4.78 is 5.35. The number of ketones is 1. The lowest BCUT2D eigenvalue weighted by molar-refractivity contribution is -0.126. The molecule has 0 unspecified atom stereocenters. The topological polar surface area (TPSA) is 104 Å². The van der Waals surface area contributed by atoms with Gasteiger partial charge in [-0.3, -0.25) is 19.3 Å². The molecule has 2 aliphatic heterocycles. The number of rotatable bonds is 6. The lowest BCUT2D eigenvalue weighted by Crippen LogP contribution is -2.32. The standard InChI is InChI=1S/C19H16N4O4S2/c24-14(12-5-2-1-3-6-12)9-15-17(25)23(10-13-7-4-8-27-13)18(29-15)22-21-16-11-28-19(26)20-16/h1-8,15H,9-11H2,(H,20,21,26)/b22-18-/t15-/m0/s1. The van der Waals surface area contributed by atoms with Gasteiger partial charge in [-0.15, -0.1) is 10.2 Å². The van der Waals surface area contributed by atoms with Crippen LogP contribution in [0.5, 0.6) is 0 Å². The Bertz CT molecular complexity index is 989. The predicted octanol–water partition coefficient (Wildman–Crippen LogP) is 3.12. The molecule has 0 spiro atoms. The average molecular weight is 428 g/mol. The Hall–Kier alpha value is -2.85. The van der Waals surface area contributed by atoms with Gasteiger partial charge in [-0.2, -0.15) is 0 Å². The van der Waals surface area contributed by atoms with E-state index in [-0.39, 0.29) is 29.9 Å². The molecular weight excluding hydrogens is 412 g/mol. The summed E-state index contributed by atoms with van der Waals surface area (Å²) in [5.41, 5.74) is 0.565. The van der Waals surface area contributed by atoms with E-state index < -0.39 is 5.25 Å². The van der Waals surface area contributed by atoms with Crippen LogP contribution in [0.3, 0.4) is 0 Å². The van der Waals surface area contributed by atoms with Crippen LogP contribution in [0.4, 0.5) is 4.79 Å². The van der Waals surface area contributed by atoms with Crippen molar-refractivity contribution < 1.29 is 18.8 Å². The average Bonchev–Trinajstić information content (AvgIpc) is 3.45. The zero-order valence-corrected chi connectivity index (χ0v) is 16.7. The number of hydrogen-bond acceptors (Lipinski definition) is 8. The first-order chi connectivity index (χ1) is 14.1. The van der Waals surface area contributed by atoms with Crippen molar-refractivity contribution in [3.63, 3.8) is 0 Å². The quantitative estimate of drug-likeness (QED) is 0.560. The molecule has 2 fully saturated rings. The molecule has 2 aliphatic rings. The molecule has 2 aromatic rings. The molecule has 8 nitrogen and oxygen atoms in total. The van der Waals surface area contributed by atoms with Crippen LogP contribution in [0.15, 0.2) is 63.3 Å². The minimum absolute atomic E-state index is 0.0599. The molecule has 2 saturated heterocycles. The third-order valence-corrected chi connectivity index (χ3v) is 6.17. The second-order valence-electron chi connectivity index (χ2n) is 6.23. The van der Waals surface area contributed by atoms with Gasteiger partial charge in [-0.05, 0) is 12.1 Å². The minimum Gasteiger partial charge on any atom is -0.467 e. The summed E-state index contributed by atoms with van der Waals surface area (Å²) in [6, 6.07) is 12.4. The highest BCUT2D eigenvalue weighted by atomic mass is 32.2. The van der Waals surface area contributed by atoms with Gasteiger partial charge in [0.15, 0.2) is 11.0 Å². The number of nitrogens with one attached hydrogen (secondary N) is 1. The van der Waals surface area contributed by atoms with Gasteiger partial charge in [0, 0.05) is 12.0 Å². The molecule has 0 radical (unpaired) electrons. The number of amides is 2. The summed E-state index contributed by atoms with van der Waals surface area (Å²) in [5.74, 6) is 1.10. The third-order valence-electron chi connectivity index (χ3n) is 4.22. The van der Waals surface area contributed by atoms with Gasteiger partial charge in [-0.25, -0.2) is 0 Å². The molecule has 10 heteroatoms. The van der Waals surface area contributed by atoms with Crippen molar-refractivity contribution in [2.24, 2.45) is 10.2 Å². The van der Waals surface area contributed by atoms with E-state index in [1.54, 1.807) is 36.4 Å². The molecule has 1 N–H and O–H groups in total. The van der Waals surface area contributed by atoms with Crippen LogP contribution in [0.2, 0.25) is 0 Å². The highest BCUT2D eigenvalue weighted by Gasteiger charge is 2.40. The maximum absolute atomic E-state index is 13.0. The largest absolute Gasteiger partial charge is 0.467 e. The van der Waals surface area contributed by atoms with Crippen molar-refractivity contribution in [2.45, 2.75) is 18.2 Å². The molecule has 3 heterocycles. The third kappa shape index (κ3) is 4.60. The van der Waals surface area contributed by atoms with Crippen LogP contribution >= 0.6 is 23.5 Å². The summed E-state index contributed by atoms with van der Waals surface area (Å²) in [5, 5.41) is 10.4. The molecular formula is C19H16N4O4S2. The maximum atomic E-state index is 13.0. The predicted molar refractivity (Wildman–Crippen MR) is 112 cm³/mol. The molecule has 1 aromatic heterocycles. The van der Waals surface area contributed by atoms with Crippen LogP contribution < -0.4 is 5.32 Å². The maximum Gasteiger partial charge on any atom is 0.284 e. The van der Waals surface area contributed by atoms with Crippen LogP contribution in [-0.4, -0.2) is 43.8 Å². The zero-order chi connectivity index (χ0) is 20.2. The van der Waals surface area contributed by atoms with E-state index in [0.29, 0.717) is 28.1 Å². The van der Waals surface area contributed by atoms with Crippen LogP contribution in [0.25, 0.3) is 0 Å². The summed E-state index contributed by atoms with van der Waals surface area (Å²) in [4.78, 5) is 38.3. The van der Waals surface area contributed by atoms with Gasteiger partial charge < -0.3 is 9.73 Å². The van der Waals surface area contributed by atoms with E-state index in [2.05, 4.69) is 15.5 Å². The minimum atomic E-state index is -0.593. The molecule has 0 saturated carbocycles. The number of benzene rings is 1. The second-order valence-corrected chi connectivity index (χ2v) is 8.35. The van der Waals surface area contributed by atoms with E-state index in [4.69, 9.17) is 4.42 Å². The zero-order valence-electron chi connectivity index (χ0n) is 15.1. The monoisotopic (exact) mass is 428 g/mol. The number of nitrogens with zero attached hydrogens (tertiary/aromatic N) is 3. The van der Waals surface area contributed by atoms with E-state index in [1.807, 2.05) is 6.07 Å². The molecule has 1 aromatic carbocycles. The Labute approximate surface area is 174 Å². The summed E-state index contributed by atoms with van der Waals surface area (Å²) >= 11 is 2.30. The van der Waals surface area contributed by atoms with Gasteiger partial charge in [0.05, 0.1) is 23.8 Å². The van der Waals surface area contributed by atoms with Gasteiger partial charge in [0.25, 0.3) is 5.24 Å². The Kier molecular flexibility index (Phi) is 5.81. The Morgan fingerprint density at radius 2 is 2.00 bits per heavy atom. The highest BCUT2D eigenvalue weighted by Crippen LogP contribution is 2.32. The van der Waals surface area contributed by atoms with E-state index in [9.17, 15) is 14.4 Å². The van der Waals surface area contributed by atoms with Crippen LogP contribution in [0.1, 0.15) is 22.5 Å². The molecule has 0 aliphatic carbocycles. The van der Waals surface area contributed by atoms with Gasteiger partial charge in [-0.1, -0.05) is 53.9 Å². The second kappa shape index (κ2) is 8.66. The van der Waals surface area contributed by atoms with Gasteiger partial charge >= 0.3 is 0 Å². The number of hydrogen-bond donors (Lipinski definition) is 1.